The van der Waals surface area contributed by atoms with Gasteiger partial charge in [-0.25, -0.2) is 14.1 Å². The van der Waals surface area contributed by atoms with Gasteiger partial charge in [0, 0.05) is 26.2 Å². The third kappa shape index (κ3) is 5.17. The van der Waals surface area contributed by atoms with Gasteiger partial charge < -0.3 is 20.4 Å². The minimum absolute atomic E-state index is 0.343. The zero-order valence-corrected chi connectivity index (χ0v) is 18.5. The molecule has 1 aromatic heterocycles. The molecule has 172 valence electrons. The number of para-hydroxylation sites is 2. The predicted molar refractivity (Wildman–Crippen MR) is 123 cm³/mol. The maximum Gasteiger partial charge on any atom is 0.313 e. The van der Waals surface area contributed by atoms with Crippen molar-refractivity contribution in [2.24, 2.45) is 0 Å². The number of nitrogens with one attached hydrogen (secondary N) is 2. The smallest absolute Gasteiger partial charge is 0.313 e. The molecule has 0 radical (unpaired) electrons. The van der Waals surface area contributed by atoms with Gasteiger partial charge in [-0.1, -0.05) is 18.2 Å². The van der Waals surface area contributed by atoms with Crippen LogP contribution in [0, 0.1) is 5.82 Å². The molecule has 2 N–H and O–H groups in total. The second-order valence-electron chi connectivity index (χ2n) is 8.01. The molecule has 0 spiro atoms. The molecule has 0 saturated carbocycles. The van der Waals surface area contributed by atoms with Gasteiger partial charge in [-0.05, 0) is 43.8 Å². The van der Waals surface area contributed by atoms with Gasteiger partial charge in [-0.2, -0.15) is 5.10 Å². The zero-order chi connectivity index (χ0) is 23.4. The lowest BCUT2D eigenvalue weighted by Crippen LogP contribution is -2.44. The van der Waals surface area contributed by atoms with Crippen molar-refractivity contribution >= 4 is 23.2 Å². The van der Waals surface area contributed by atoms with Crippen molar-refractivity contribution in [1.82, 2.24) is 25.0 Å². The summed E-state index contributed by atoms with van der Waals surface area (Å²) in [5, 5.41) is 9.28. The van der Waals surface area contributed by atoms with Gasteiger partial charge in [0.2, 0.25) is 0 Å². The van der Waals surface area contributed by atoms with E-state index in [9.17, 15) is 14.0 Å². The highest BCUT2D eigenvalue weighted by atomic mass is 19.1. The second-order valence-corrected chi connectivity index (χ2v) is 8.01. The standard InChI is InChI=1S/C23H26FN7O2/c1-16(17-7-8-20(18(24)13-17)30-11-9-29(2)10-12-30)27-22(32)23(33)28-19-5-3-4-6-21(19)31-15-25-14-26-31/h3-8,13-16H,9-12H2,1-2H3,(H,27,32)(H,28,33). The number of rotatable bonds is 5. The maximum absolute atomic E-state index is 14.8. The molecule has 2 amide bonds. The van der Waals surface area contributed by atoms with Crippen LogP contribution in [0.15, 0.2) is 55.1 Å². The minimum Gasteiger partial charge on any atom is -0.367 e. The van der Waals surface area contributed by atoms with Crippen molar-refractivity contribution < 1.29 is 14.0 Å². The second kappa shape index (κ2) is 9.78. The molecule has 2 heterocycles. The van der Waals surface area contributed by atoms with Gasteiger partial charge in [0.15, 0.2) is 0 Å². The highest BCUT2D eigenvalue weighted by molar-refractivity contribution is 6.39. The van der Waals surface area contributed by atoms with Crippen LogP contribution in [-0.4, -0.2) is 64.7 Å². The van der Waals surface area contributed by atoms with Crippen LogP contribution >= 0.6 is 0 Å². The van der Waals surface area contributed by atoms with E-state index in [0.717, 1.165) is 26.2 Å². The first-order valence-corrected chi connectivity index (χ1v) is 10.7. The lowest BCUT2D eigenvalue weighted by atomic mass is 10.1. The zero-order valence-electron chi connectivity index (χ0n) is 18.5. The number of anilines is 2. The average molecular weight is 452 g/mol. The van der Waals surface area contributed by atoms with Crippen LogP contribution < -0.4 is 15.5 Å². The topological polar surface area (TPSA) is 95.4 Å². The number of halogens is 1. The van der Waals surface area contributed by atoms with Crippen molar-refractivity contribution in [1.29, 1.82) is 0 Å². The van der Waals surface area contributed by atoms with E-state index in [4.69, 9.17) is 0 Å². The predicted octanol–water partition coefficient (Wildman–Crippen LogP) is 1.97. The normalized spacial score (nSPS) is 15.2. The molecule has 10 heteroatoms. The fraction of sp³-hybridized carbons (Fsp3) is 0.304. The summed E-state index contributed by atoms with van der Waals surface area (Å²) in [6.45, 7) is 4.98. The molecule has 3 aromatic rings. The molecule has 0 aliphatic carbocycles. The van der Waals surface area contributed by atoms with E-state index in [1.54, 1.807) is 43.3 Å². The number of aromatic nitrogens is 3. The molecule has 33 heavy (non-hydrogen) atoms. The Morgan fingerprint density at radius 3 is 2.48 bits per heavy atom. The van der Waals surface area contributed by atoms with Gasteiger partial charge in [-0.15, -0.1) is 0 Å². The molecule has 0 bridgehead atoms. The largest absolute Gasteiger partial charge is 0.367 e. The summed E-state index contributed by atoms with van der Waals surface area (Å²) in [5.74, 6) is -1.99. The lowest BCUT2D eigenvalue weighted by Gasteiger charge is -2.34. The summed E-state index contributed by atoms with van der Waals surface area (Å²) in [6, 6.07) is 11.3. The van der Waals surface area contributed by atoms with Gasteiger partial charge >= 0.3 is 11.8 Å². The summed E-state index contributed by atoms with van der Waals surface area (Å²) in [7, 11) is 2.05. The van der Waals surface area contributed by atoms with Crippen LogP contribution in [0.25, 0.3) is 5.69 Å². The summed E-state index contributed by atoms with van der Waals surface area (Å²) >= 11 is 0. The Kier molecular flexibility index (Phi) is 6.64. The maximum atomic E-state index is 14.8. The van der Waals surface area contributed by atoms with Gasteiger partial charge in [0.05, 0.1) is 23.1 Å². The molecule has 2 aromatic carbocycles. The number of nitrogens with zero attached hydrogens (tertiary/aromatic N) is 5. The summed E-state index contributed by atoms with van der Waals surface area (Å²) < 4.78 is 16.3. The fourth-order valence-corrected chi connectivity index (χ4v) is 3.73. The Balaban J connectivity index is 1.40. The number of amides is 2. The van der Waals surface area contributed by atoms with E-state index in [2.05, 4.69) is 25.6 Å². The van der Waals surface area contributed by atoms with E-state index in [1.165, 1.54) is 23.4 Å². The van der Waals surface area contributed by atoms with Crippen LogP contribution in [0.2, 0.25) is 0 Å². The number of carbonyl (C=O) groups is 2. The van der Waals surface area contributed by atoms with Crippen LogP contribution in [0.4, 0.5) is 15.8 Å². The fourth-order valence-electron chi connectivity index (χ4n) is 3.73. The Hall–Kier alpha value is -3.79. The Morgan fingerprint density at radius 1 is 1.03 bits per heavy atom. The minimum atomic E-state index is -0.830. The van der Waals surface area contributed by atoms with E-state index in [1.807, 2.05) is 11.9 Å². The molecule has 1 saturated heterocycles. The molecular formula is C23H26FN7O2. The van der Waals surface area contributed by atoms with Gasteiger partial charge in [0.1, 0.15) is 18.5 Å². The average Bonchev–Trinajstić information content (AvgIpc) is 3.35. The van der Waals surface area contributed by atoms with Gasteiger partial charge in [-0.3, -0.25) is 9.59 Å². The first-order valence-electron chi connectivity index (χ1n) is 10.7. The summed E-state index contributed by atoms with van der Waals surface area (Å²) in [4.78, 5) is 33.1. The molecule has 1 fully saturated rings. The lowest BCUT2D eigenvalue weighted by molar-refractivity contribution is -0.136. The number of carbonyl (C=O) groups excluding carboxylic acids is 2. The number of hydrogen-bond donors (Lipinski definition) is 2. The first-order chi connectivity index (χ1) is 15.9. The molecule has 1 aliphatic heterocycles. The van der Waals surface area contributed by atoms with E-state index in [-0.39, 0.29) is 5.82 Å². The number of benzene rings is 2. The van der Waals surface area contributed by atoms with E-state index in [0.29, 0.717) is 22.6 Å². The number of hydrogen-bond acceptors (Lipinski definition) is 6. The highest BCUT2D eigenvalue weighted by Crippen LogP contribution is 2.25. The number of piperazine rings is 1. The molecule has 4 rings (SSSR count). The highest BCUT2D eigenvalue weighted by Gasteiger charge is 2.21. The molecular weight excluding hydrogens is 425 g/mol. The Bertz CT molecular complexity index is 1130. The van der Waals surface area contributed by atoms with E-state index >= 15 is 0 Å². The van der Waals surface area contributed by atoms with Crippen LogP contribution in [0.1, 0.15) is 18.5 Å². The van der Waals surface area contributed by atoms with Gasteiger partial charge in [0.25, 0.3) is 0 Å². The van der Waals surface area contributed by atoms with Crippen LogP contribution in [-0.2, 0) is 9.59 Å². The monoisotopic (exact) mass is 451 g/mol. The first kappa shape index (κ1) is 22.4. The van der Waals surface area contributed by atoms with Crippen molar-refractivity contribution in [2.45, 2.75) is 13.0 Å². The third-order valence-electron chi connectivity index (χ3n) is 5.69. The van der Waals surface area contributed by atoms with Crippen LogP contribution in [0.5, 0.6) is 0 Å². The SMILES string of the molecule is CC(NC(=O)C(=O)Nc1ccccc1-n1cncn1)c1ccc(N2CCN(C)CC2)c(F)c1. The van der Waals surface area contributed by atoms with Crippen molar-refractivity contribution in [3.05, 3.63) is 66.5 Å². The van der Waals surface area contributed by atoms with Crippen molar-refractivity contribution in [3.8, 4) is 5.69 Å². The Morgan fingerprint density at radius 2 is 1.79 bits per heavy atom. The molecule has 1 atom stereocenters. The molecule has 1 aliphatic rings. The third-order valence-corrected chi connectivity index (χ3v) is 5.69. The van der Waals surface area contributed by atoms with Crippen molar-refractivity contribution in [2.75, 3.05) is 43.4 Å². The summed E-state index contributed by atoms with van der Waals surface area (Å²) in [6.07, 6.45) is 2.87. The molecule has 9 nitrogen and oxygen atoms in total. The van der Waals surface area contributed by atoms with Crippen molar-refractivity contribution in [3.63, 3.8) is 0 Å². The summed E-state index contributed by atoms with van der Waals surface area (Å²) in [5.41, 5.74) is 2.12. The number of likely N-dealkylation sites (N-methyl/N-ethyl adjacent to an activating group) is 1. The quantitative estimate of drug-likeness (QED) is 0.576. The Labute approximate surface area is 191 Å². The van der Waals surface area contributed by atoms with E-state index < -0.39 is 17.9 Å². The van der Waals surface area contributed by atoms with Crippen LogP contribution in [0.3, 0.4) is 0 Å². The molecule has 1 unspecified atom stereocenters.